The third-order valence-corrected chi connectivity index (χ3v) is 9.78. The lowest BCUT2D eigenvalue weighted by Crippen LogP contribution is -2.43. The number of alkyl halides is 1. The number of aliphatic hydroxyl groups is 1. The van der Waals surface area contributed by atoms with Crippen LogP contribution in [0.4, 0.5) is 13.2 Å². The first-order valence-corrected chi connectivity index (χ1v) is 16.1. The summed E-state index contributed by atoms with van der Waals surface area (Å²) in [5, 5.41) is 19.8. The number of methoxy groups -OCH3 is 2. The minimum Gasteiger partial charge on any atom is -0.497 e. The summed E-state index contributed by atoms with van der Waals surface area (Å²) in [7, 11) is 2.83. The molecule has 0 spiro atoms. The zero-order chi connectivity index (χ0) is 36.5. The summed E-state index contributed by atoms with van der Waals surface area (Å²) in [6.45, 7) is 0.776. The fourth-order valence-electron chi connectivity index (χ4n) is 6.14. The molecule has 1 saturated carbocycles. The monoisotopic (exact) mass is 721 g/mol. The van der Waals surface area contributed by atoms with E-state index in [0.29, 0.717) is 35.6 Å². The van der Waals surface area contributed by atoms with Gasteiger partial charge in [0.05, 0.1) is 31.5 Å². The first-order chi connectivity index (χ1) is 24.2. The van der Waals surface area contributed by atoms with E-state index in [9.17, 15) is 23.5 Å². The van der Waals surface area contributed by atoms with Crippen LogP contribution in [0, 0.1) is 11.6 Å². The van der Waals surface area contributed by atoms with Gasteiger partial charge in [-0.25, -0.2) is 22.8 Å². The van der Waals surface area contributed by atoms with Crippen molar-refractivity contribution >= 4 is 34.3 Å². The first kappa shape index (κ1) is 34.1. The molecule has 5 aromatic rings. The van der Waals surface area contributed by atoms with Gasteiger partial charge < -0.3 is 30.4 Å². The molecular formula is C36H31ClF3N5O6. The summed E-state index contributed by atoms with van der Waals surface area (Å²) in [5.74, 6) is -4.47. The van der Waals surface area contributed by atoms with E-state index in [1.54, 1.807) is 18.2 Å². The summed E-state index contributed by atoms with van der Waals surface area (Å²) in [6, 6.07) is 12.3. The van der Waals surface area contributed by atoms with Gasteiger partial charge in [-0.15, -0.1) is 0 Å². The van der Waals surface area contributed by atoms with Gasteiger partial charge in [0.25, 0.3) is 5.91 Å². The first-order valence-electron chi connectivity index (χ1n) is 15.8. The molecule has 4 N–H and O–H groups in total. The summed E-state index contributed by atoms with van der Waals surface area (Å²) in [5.41, 5.74) is 2.45. The molecule has 0 radical (unpaired) electrons. The Hall–Kier alpha value is -5.34. The molecule has 2 aliphatic rings. The second kappa shape index (κ2) is 12.2. The topological polar surface area (TPSA) is 151 Å². The largest absolute Gasteiger partial charge is 0.497 e. The number of nitrogens with zero attached hydrogens (tertiary/aromatic N) is 3. The van der Waals surface area contributed by atoms with E-state index in [-0.39, 0.29) is 51.7 Å². The highest BCUT2D eigenvalue weighted by molar-refractivity contribution is 6.31. The molecule has 1 aliphatic carbocycles. The lowest BCUT2D eigenvalue weighted by atomic mass is 9.80. The summed E-state index contributed by atoms with van der Waals surface area (Å²) in [4.78, 5) is 31.2. The number of ether oxygens (including phenoxy) is 3. The Bertz CT molecular complexity index is 2260. The van der Waals surface area contributed by atoms with Crippen molar-refractivity contribution in [3.63, 3.8) is 0 Å². The van der Waals surface area contributed by atoms with Crippen molar-refractivity contribution in [3.8, 4) is 28.5 Å². The van der Waals surface area contributed by atoms with Crippen LogP contribution < -0.4 is 25.3 Å². The lowest BCUT2D eigenvalue weighted by Gasteiger charge is -2.30. The van der Waals surface area contributed by atoms with E-state index >= 15 is 4.39 Å². The van der Waals surface area contributed by atoms with E-state index < -0.39 is 51.8 Å². The number of hydrogen-bond donors (Lipinski definition) is 3. The number of fused-ring (bicyclic) bond motifs is 2. The molecule has 264 valence electrons. The summed E-state index contributed by atoms with van der Waals surface area (Å²) in [6.07, 6.45) is 2.15. The van der Waals surface area contributed by atoms with Crippen LogP contribution in [-0.2, 0) is 21.6 Å². The van der Waals surface area contributed by atoms with Gasteiger partial charge in [-0.05, 0) is 48.9 Å². The van der Waals surface area contributed by atoms with E-state index in [2.05, 4.69) is 15.4 Å². The van der Waals surface area contributed by atoms with Crippen LogP contribution in [0.5, 0.6) is 17.2 Å². The number of primary amides is 1. The second-order valence-electron chi connectivity index (χ2n) is 12.8. The Kier molecular flexibility index (Phi) is 8.14. The Balaban J connectivity index is 1.36. The predicted octanol–water partition coefficient (Wildman–Crippen LogP) is 5.26. The molecule has 0 saturated heterocycles. The van der Waals surface area contributed by atoms with Gasteiger partial charge in [0.1, 0.15) is 57.7 Å². The molecule has 15 heteroatoms. The number of nitrogens with one attached hydrogen (secondary N) is 1. The summed E-state index contributed by atoms with van der Waals surface area (Å²) < 4.78 is 62.4. The van der Waals surface area contributed by atoms with Crippen LogP contribution in [0.3, 0.4) is 0 Å². The van der Waals surface area contributed by atoms with Crippen LogP contribution >= 0.6 is 11.6 Å². The molecular weight excluding hydrogens is 691 g/mol. The predicted molar refractivity (Wildman–Crippen MR) is 180 cm³/mol. The van der Waals surface area contributed by atoms with Gasteiger partial charge in [0.2, 0.25) is 11.7 Å². The Morgan fingerprint density at radius 1 is 1.12 bits per heavy atom. The fraction of sp³-hybridized carbons (Fsp3) is 0.278. The highest BCUT2D eigenvalue weighted by Crippen LogP contribution is 2.48. The summed E-state index contributed by atoms with van der Waals surface area (Å²) >= 11 is 6.05. The number of hydrogen-bond acceptors (Lipinski definition) is 8. The zero-order valence-corrected chi connectivity index (χ0v) is 28.3. The molecule has 11 nitrogen and oxygen atoms in total. The second-order valence-corrected chi connectivity index (χ2v) is 13.3. The highest BCUT2D eigenvalue weighted by Gasteiger charge is 2.47. The third-order valence-electron chi connectivity index (χ3n) is 9.49. The normalized spacial score (nSPS) is 18.4. The van der Waals surface area contributed by atoms with Gasteiger partial charge in [0.15, 0.2) is 0 Å². The molecule has 3 heterocycles. The number of halogens is 4. The average molecular weight is 722 g/mol. The maximum atomic E-state index is 15.4. The quantitative estimate of drug-likeness (QED) is 0.165. The molecule has 51 heavy (non-hydrogen) atoms. The SMILES string of the molecule is COc1cccc([C@](O)(CNC(=O)c2cc(OC)c3nn(C4(F)CC4)cc3c2)c2cc3c(c(-c4cc(Cl)c(F)cc4F)n2)OC[C@]3(C)C(N)=O)c1. The molecule has 1 fully saturated rings. The van der Waals surface area contributed by atoms with Gasteiger partial charge >= 0.3 is 0 Å². The number of carbonyl (C=O) groups excluding carboxylic acids is 2. The maximum absolute atomic E-state index is 15.4. The number of pyridine rings is 1. The van der Waals surface area contributed by atoms with Crippen LogP contribution in [0.25, 0.3) is 22.2 Å². The smallest absolute Gasteiger partial charge is 0.251 e. The number of rotatable bonds is 10. The van der Waals surface area contributed by atoms with Gasteiger partial charge in [-0.3, -0.25) is 9.59 Å². The Morgan fingerprint density at radius 3 is 2.57 bits per heavy atom. The number of nitrogens with two attached hydrogens (primary N) is 1. The average Bonchev–Trinajstić information content (AvgIpc) is 3.55. The van der Waals surface area contributed by atoms with Crippen molar-refractivity contribution < 1.29 is 42.1 Å². The molecule has 2 atom stereocenters. The van der Waals surface area contributed by atoms with Gasteiger partial charge in [0, 0.05) is 47.2 Å². The minimum atomic E-state index is -2.18. The van der Waals surface area contributed by atoms with Crippen LogP contribution in [0.2, 0.25) is 5.02 Å². The number of benzene rings is 3. The fourth-order valence-corrected chi connectivity index (χ4v) is 6.31. The van der Waals surface area contributed by atoms with Crippen LogP contribution in [0.15, 0.2) is 60.8 Å². The number of carbonyl (C=O) groups is 2. The van der Waals surface area contributed by atoms with Crippen molar-refractivity contribution in [3.05, 3.63) is 99.8 Å². The molecule has 2 amide bonds. The molecule has 0 bridgehead atoms. The van der Waals surface area contributed by atoms with E-state index in [0.717, 1.165) is 6.07 Å². The van der Waals surface area contributed by atoms with Crippen molar-refractivity contribution in [2.45, 2.75) is 36.6 Å². The van der Waals surface area contributed by atoms with Crippen LogP contribution in [0.1, 0.15) is 46.9 Å². The molecule has 2 aromatic heterocycles. The highest BCUT2D eigenvalue weighted by atomic mass is 35.5. The Morgan fingerprint density at radius 2 is 1.88 bits per heavy atom. The van der Waals surface area contributed by atoms with E-state index in [4.69, 9.17) is 31.5 Å². The lowest BCUT2D eigenvalue weighted by molar-refractivity contribution is -0.123. The third kappa shape index (κ3) is 5.68. The molecule has 3 aromatic carbocycles. The van der Waals surface area contributed by atoms with Crippen molar-refractivity contribution in [1.82, 2.24) is 20.1 Å². The van der Waals surface area contributed by atoms with E-state index in [1.165, 1.54) is 56.3 Å². The van der Waals surface area contributed by atoms with Crippen LogP contribution in [-0.4, -0.2) is 59.1 Å². The maximum Gasteiger partial charge on any atom is 0.251 e. The van der Waals surface area contributed by atoms with E-state index in [1.807, 2.05) is 0 Å². The van der Waals surface area contributed by atoms with Gasteiger partial charge in [-0.2, -0.15) is 5.10 Å². The van der Waals surface area contributed by atoms with Gasteiger partial charge in [-0.1, -0.05) is 23.7 Å². The Labute approximate surface area is 294 Å². The van der Waals surface area contributed by atoms with Crippen molar-refractivity contribution in [1.29, 1.82) is 0 Å². The van der Waals surface area contributed by atoms with Crippen molar-refractivity contribution in [2.24, 2.45) is 5.73 Å². The zero-order valence-electron chi connectivity index (χ0n) is 27.5. The molecule has 0 unspecified atom stereocenters. The standard InChI is InChI=1S/C36H31ClF3N5O6/c1-34(33(41)47)17-51-31-23(34)13-28(43-30(31)22-12-24(37)26(39)14-25(22)38)36(48,20-5-4-6-21(11-20)49-2)16-42-32(46)18-9-19-15-45(35(40)7-8-35)44-29(19)27(10-18)50-3/h4-6,9-15,48H,7-8,16-17H2,1-3H3,(H2,41,47)(H,42,46)/t34-,36+/m0/s1. The molecule has 7 rings (SSSR count). The van der Waals surface area contributed by atoms with Crippen molar-refractivity contribution in [2.75, 3.05) is 27.4 Å². The molecule has 1 aliphatic heterocycles. The number of amides is 2. The number of aromatic nitrogens is 3. The minimum absolute atomic E-state index is 0.0131.